The average Bonchev–Trinajstić information content (AvgIpc) is 3.57. The highest BCUT2D eigenvalue weighted by molar-refractivity contribution is 6.99. The summed E-state index contributed by atoms with van der Waals surface area (Å²) in [6.45, 7) is 7.88. The highest BCUT2D eigenvalue weighted by Crippen LogP contribution is 2.38. The average molecular weight is 417 g/mol. The molecule has 4 rings (SSSR count). The number of epoxide rings is 1. The van der Waals surface area contributed by atoms with Crippen LogP contribution in [0.2, 0.25) is 5.04 Å². The van der Waals surface area contributed by atoms with Crippen LogP contribution in [0.1, 0.15) is 32.8 Å². The summed E-state index contributed by atoms with van der Waals surface area (Å²) in [6, 6.07) is 32.5. The van der Waals surface area contributed by atoms with Crippen LogP contribution in [-0.2, 0) is 15.6 Å². The minimum atomic E-state index is -2.56. The monoisotopic (exact) mass is 416 g/mol. The van der Waals surface area contributed by atoms with Gasteiger partial charge in [0.15, 0.2) is 0 Å². The van der Waals surface area contributed by atoms with Gasteiger partial charge in [-0.3, -0.25) is 0 Å². The SMILES string of the molecule is CC(C)(C)[Si](O[C@H](Cc1ccccc1)CC1CO1)(c1ccccc1)c1ccccc1. The van der Waals surface area contributed by atoms with Crippen molar-refractivity contribution in [2.45, 2.75) is 50.9 Å². The van der Waals surface area contributed by atoms with Gasteiger partial charge in [0.2, 0.25) is 0 Å². The van der Waals surface area contributed by atoms with Crippen LogP contribution < -0.4 is 10.4 Å². The molecule has 0 spiro atoms. The van der Waals surface area contributed by atoms with Crippen molar-refractivity contribution in [3.8, 4) is 0 Å². The Labute approximate surface area is 182 Å². The molecule has 3 aromatic carbocycles. The van der Waals surface area contributed by atoms with Crippen molar-refractivity contribution >= 4 is 18.7 Å². The lowest BCUT2D eigenvalue weighted by Gasteiger charge is -2.45. The smallest absolute Gasteiger partial charge is 0.261 e. The van der Waals surface area contributed by atoms with E-state index < -0.39 is 8.32 Å². The molecule has 1 aliphatic heterocycles. The lowest BCUT2D eigenvalue weighted by Crippen LogP contribution is -2.68. The summed E-state index contributed by atoms with van der Waals surface area (Å²) in [7, 11) is -2.56. The van der Waals surface area contributed by atoms with Gasteiger partial charge < -0.3 is 9.16 Å². The van der Waals surface area contributed by atoms with E-state index >= 15 is 0 Å². The number of hydrogen-bond donors (Lipinski definition) is 0. The second-order valence-corrected chi connectivity index (χ2v) is 13.5. The van der Waals surface area contributed by atoms with Crippen LogP contribution in [0.15, 0.2) is 91.0 Å². The molecule has 30 heavy (non-hydrogen) atoms. The van der Waals surface area contributed by atoms with E-state index in [1.54, 1.807) is 0 Å². The van der Waals surface area contributed by atoms with Crippen LogP contribution in [0.5, 0.6) is 0 Å². The van der Waals surface area contributed by atoms with Crippen molar-refractivity contribution in [2.75, 3.05) is 6.61 Å². The first-order valence-corrected chi connectivity index (χ1v) is 12.8. The highest BCUT2D eigenvalue weighted by atomic mass is 28.4. The molecule has 156 valence electrons. The van der Waals surface area contributed by atoms with Gasteiger partial charge in [0.05, 0.1) is 18.8 Å². The second-order valence-electron chi connectivity index (χ2n) is 9.28. The fraction of sp³-hybridized carbons (Fsp3) is 0.333. The summed E-state index contributed by atoms with van der Waals surface area (Å²) < 4.78 is 13.0. The van der Waals surface area contributed by atoms with E-state index in [1.165, 1.54) is 15.9 Å². The van der Waals surface area contributed by atoms with Crippen LogP contribution in [0, 0.1) is 0 Å². The van der Waals surface area contributed by atoms with Crippen molar-refractivity contribution in [3.63, 3.8) is 0 Å². The molecule has 1 unspecified atom stereocenters. The third-order valence-corrected chi connectivity index (χ3v) is 11.1. The van der Waals surface area contributed by atoms with Crippen LogP contribution in [-0.4, -0.2) is 27.1 Å². The van der Waals surface area contributed by atoms with E-state index in [-0.39, 0.29) is 11.1 Å². The van der Waals surface area contributed by atoms with Crippen molar-refractivity contribution < 1.29 is 9.16 Å². The van der Waals surface area contributed by atoms with Crippen molar-refractivity contribution in [1.82, 2.24) is 0 Å². The molecule has 2 atom stereocenters. The Morgan fingerprint density at radius 2 is 1.30 bits per heavy atom. The summed E-state index contributed by atoms with van der Waals surface area (Å²) in [5.41, 5.74) is 1.32. The Kier molecular flexibility index (Phi) is 6.23. The third kappa shape index (κ3) is 4.59. The third-order valence-electron chi connectivity index (χ3n) is 5.99. The summed E-state index contributed by atoms with van der Waals surface area (Å²) >= 11 is 0. The molecule has 0 radical (unpaired) electrons. The van der Waals surface area contributed by atoms with Gasteiger partial charge in [-0.25, -0.2) is 0 Å². The zero-order chi connectivity index (χ0) is 21.0. The van der Waals surface area contributed by atoms with Crippen LogP contribution in [0.4, 0.5) is 0 Å². The predicted octanol–water partition coefficient (Wildman–Crippen LogP) is 4.96. The summed E-state index contributed by atoms with van der Waals surface area (Å²) in [4.78, 5) is 0. The number of benzene rings is 3. The molecule has 1 fully saturated rings. The summed E-state index contributed by atoms with van der Waals surface area (Å²) in [5, 5.41) is 2.65. The van der Waals surface area contributed by atoms with Gasteiger partial charge in [-0.2, -0.15) is 0 Å². The Morgan fingerprint density at radius 3 is 1.73 bits per heavy atom. The van der Waals surface area contributed by atoms with E-state index in [0.717, 1.165) is 19.4 Å². The van der Waals surface area contributed by atoms with Gasteiger partial charge in [0, 0.05) is 6.42 Å². The topological polar surface area (TPSA) is 21.8 Å². The van der Waals surface area contributed by atoms with Gasteiger partial charge in [-0.05, 0) is 27.4 Å². The quantitative estimate of drug-likeness (QED) is 0.382. The van der Waals surface area contributed by atoms with Crippen molar-refractivity contribution in [2.24, 2.45) is 0 Å². The van der Waals surface area contributed by atoms with E-state index in [4.69, 9.17) is 9.16 Å². The molecular formula is C27H32O2Si. The van der Waals surface area contributed by atoms with E-state index in [0.29, 0.717) is 6.10 Å². The number of ether oxygens (including phenoxy) is 1. The molecule has 3 aromatic rings. The maximum atomic E-state index is 7.39. The molecule has 2 nitrogen and oxygen atoms in total. The largest absolute Gasteiger partial charge is 0.404 e. The summed E-state index contributed by atoms with van der Waals surface area (Å²) in [6.07, 6.45) is 2.30. The van der Waals surface area contributed by atoms with Crippen LogP contribution >= 0.6 is 0 Å². The molecule has 0 saturated carbocycles. The molecule has 0 aromatic heterocycles. The standard InChI is InChI=1S/C27H32O2Si/c1-27(2,3)30(25-15-9-5-10-16-25,26-17-11-6-12-18-26)29-23(20-24-21-28-24)19-22-13-7-4-8-14-22/h4-18,23-24H,19-21H2,1-3H3/t23-,24?/m1/s1. The number of rotatable bonds is 8. The van der Waals surface area contributed by atoms with Crippen molar-refractivity contribution in [3.05, 3.63) is 96.6 Å². The zero-order valence-corrected chi connectivity index (χ0v) is 19.3. The maximum Gasteiger partial charge on any atom is 0.261 e. The Morgan fingerprint density at radius 1 is 0.833 bits per heavy atom. The van der Waals surface area contributed by atoms with E-state index in [2.05, 4.69) is 112 Å². The first-order valence-electron chi connectivity index (χ1n) is 10.9. The Balaban J connectivity index is 1.79. The predicted molar refractivity (Wildman–Crippen MR) is 127 cm³/mol. The summed E-state index contributed by atoms with van der Waals surface area (Å²) in [5.74, 6) is 0. The molecule has 1 aliphatic rings. The van der Waals surface area contributed by atoms with Crippen LogP contribution in [0.25, 0.3) is 0 Å². The lowest BCUT2D eigenvalue weighted by molar-refractivity contribution is 0.164. The number of hydrogen-bond acceptors (Lipinski definition) is 2. The molecule has 1 saturated heterocycles. The first kappa shape index (κ1) is 21.0. The van der Waals surface area contributed by atoms with E-state index in [1.807, 2.05) is 0 Å². The molecule has 0 amide bonds. The molecule has 0 N–H and O–H groups in total. The Bertz CT molecular complexity index is 876. The zero-order valence-electron chi connectivity index (χ0n) is 18.3. The molecule has 1 heterocycles. The fourth-order valence-electron chi connectivity index (χ4n) is 4.49. The van der Waals surface area contributed by atoms with Gasteiger partial charge in [0.25, 0.3) is 8.32 Å². The normalized spacial score (nSPS) is 17.5. The Hall–Kier alpha value is -2.20. The van der Waals surface area contributed by atoms with Crippen LogP contribution in [0.3, 0.4) is 0 Å². The van der Waals surface area contributed by atoms with Gasteiger partial charge in [-0.1, -0.05) is 112 Å². The minimum absolute atomic E-state index is 0.0188. The maximum absolute atomic E-state index is 7.39. The van der Waals surface area contributed by atoms with Crippen molar-refractivity contribution in [1.29, 1.82) is 0 Å². The minimum Gasteiger partial charge on any atom is -0.404 e. The van der Waals surface area contributed by atoms with Gasteiger partial charge in [0.1, 0.15) is 0 Å². The van der Waals surface area contributed by atoms with E-state index in [9.17, 15) is 0 Å². The highest BCUT2D eigenvalue weighted by Gasteiger charge is 2.51. The molecule has 0 bridgehead atoms. The van der Waals surface area contributed by atoms with Gasteiger partial charge >= 0.3 is 0 Å². The van der Waals surface area contributed by atoms with Gasteiger partial charge in [-0.15, -0.1) is 0 Å². The molecule has 0 aliphatic carbocycles. The lowest BCUT2D eigenvalue weighted by atomic mass is 10.0. The fourth-order valence-corrected chi connectivity index (χ4v) is 9.18. The molecular weight excluding hydrogens is 384 g/mol. The first-order chi connectivity index (χ1) is 14.5. The second kappa shape index (κ2) is 8.89. The molecule has 3 heteroatoms.